The number of benzene rings is 3. The standard InChI is InChI=1S/C22H22F3NO2/c23-22(24,25)19-8-5-16(6-9-19)11-12-26-14-20(27)15-28-21-10-7-17-3-1-2-4-18(17)13-21/h1-10,13,20,26-27H,11-12,14-15H2/t20-/m1/s1. The molecule has 2 N–H and O–H groups in total. The number of fused-ring (bicyclic) bond motifs is 1. The van der Waals surface area contributed by atoms with E-state index < -0.39 is 17.8 Å². The minimum atomic E-state index is -4.31. The Morgan fingerprint density at radius 2 is 1.64 bits per heavy atom. The molecule has 0 radical (unpaired) electrons. The lowest BCUT2D eigenvalue weighted by molar-refractivity contribution is -0.137. The molecule has 0 amide bonds. The average Bonchev–Trinajstić information content (AvgIpc) is 2.69. The number of aliphatic hydroxyl groups is 1. The van der Waals surface area contributed by atoms with Crippen LogP contribution in [0.4, 0.5) is 13.2 Å². The Balaban J connectivity index is 1.37. The van der Waals surface area contributed by atoms with Crippen LogP contribution in [0.25, 0.3) is 10.8 Å². The van der Waals surface area contributed by atoms with E-state index in [1.54, 1.807) is 0 Å². The summed E-state index contributed by atoms with van der Waals surface area (Å²) in [6.07, 6.45) is -4.42. The van der Waals surface area contributed by atoms with Crippen LogP contribution in [0, 0.1) is 0 Å². The third-order valence-electron chi connectivity index (χ3n) is 4.41. The summed E-state index contributed by atoms with van der Waals surface area (Å²) in [5.41, 5.74) is 0.160. The van der Waals surface area contributed by atoms with Gasteiger partial charge in [0.15, 0.2) is 0 Å². The maximum atomic E-state index is 12.5. The topological polar surface area (TPSA) is 41.5 Å². The number of halogens is 3. The lowest BCUT2D eigenvalue weighted by Crippen LogP contribution is -2.32. The van der Waals surface area contributed by atoms with E-state index in [1.807, 2.05) is 42.5 Å². The van der Waals surface area contributed by atoms with E-state index in [0.717, 1.165) is 28.5 Å². The molecule has 6 heteroatoms. The van der Waals surface area contributed by atoms with Gasteiger partial charge in [-0.3, -0.25) is 0 Å². The minimum Gasteiger partial charge on any atom is -0.491 e. The molecule has 1 atom stereocenters. The van der Waals surface area contributed by atoms with Gasteiger partial charge in [-0.25, -0.2) is 0 Å². The second-order valence-corrected chi connectivity index (χ2v) is 6.62. The Bertz CT molecular complexity index is 894. The third kappa shape index (κ3) is 5.71. The van der Waals surface area contributed by atoms with Gasteiger partial charge in [-0.2, -0.15) is 13.2 Å². The van der Waals surface area contributed by atoms with Crippen molar-refractivity contribution in [1.29, 1.82) is 0 Å². The first kappa shape index (κ1) is 20.2. The number of hydrogen-bond acceptors (Lipinski definition) is 3. The molecule has 0 bridgehead atoms. The molecule has 0 fully saturated rings. The molecular weight excluding hydrogens is 367 g/mol. The smallest absolute Gasteiger partial charge is 0.416 e. The fraction of sp³-hybridized carbons (Fsp3) is 0.273. The van der Waals surface area contributed by atoms with Crippen molar-refractivity contribution in [2.75, 3.05) is 19.7 Å². The molecule has 0 saturated heterocycles. The summed E-state index contributed by atoms with van der Waals surface area (Å²) in [5.74, 6) is 0.697. The van der Waals surface area contributed by atoms with E-state index in [-0.39, 0.29) is 6.61 Å². The van der Waals surface area contributed by atoms with Crippen LogP contribution in [-0.4, -0.2) is 30.9 Å². The van der Waals surface area contributed by atoms with Crippen LogP contribution in [0.3, 0.4) is 0 Å². The average molecular weight is 389 g/mol. The summed E-state index contributed by atoms with van der Waals surface area (Å²) in [4.78, 5) is 0. The monoisotopic (exact) mass is 389 g/mol. The number of nitrogens with one attached hydrogen (secondary N) is 1. The van der Waals surface area contributed by atoms with Crippen molar-refractivity contribution in [2.24, 2.45) is 0 Å². The van der Waals surface area contributed by atoms with Crippen LogP contribution in [0.1, 0.15) is 11.1 Å². The summed E-state index contributed by atoms with van der Waals surface area (Å²) in [7, 11) is 0. The maximum absolute atomic E-state index is 12.5. The van der Waals surface area contributed by atoms with Crippen molar-refractivity contribution < 1.29 is 23.0 Å². The molecule has 0 aromatic heterocycles. The molecule has 3 aromatic carbocycles. The van der Waals surface area contributed by atoms with Crippen LogP contribution < -0.4 is 10.1 Å². The van der Waals surface area contributed by atoms with Gasteiger partial charge in [0.2, 0.25) is 0 Å². The lowest BCUT2D eigenvalue weighted by Gasteiger charge is -2.14. The molecule has 0 aliphatic carbocycles. The summed E-state index contributed by atoms with van der Waals surface area (Å²) in [5, 5.41) is 15.3. The number of rotatable bonds is 8. The molecular formula is C22H22F3NO2. The van der Waals surface area contributed by atoms with Crippen molar-refractivity contribution in [3.05, 3.63) is 77.9 Å². The number of aliphatic hydroxyl groups excluding tert-OH is 1. The van der Waals surface area contributed by atoms with Gasteiger partial charge in [0.1, 0.15) is 18.5 Å². The van der Waals surface area contributed by atoms with Gasteiger partial charge < -0.3 is 15.2 Å². The number of hydrogen-bond donors (Lipinski definition) is 2. The highest BCUT2D eigenvalue weighted by Crippen LogP contribution is 2.29. The molecule has 0 unspecified atom stereocenters. The van der Waals surface area contributed by atoms with E-state index >= 15 is 0 Å². The largest absolute Gasteiger partial charge is 0.491 e. The Labute approximate surface area is 161 Å². The summed E-state index contributed by atoms with van der Waals surface area (Å²) in [6, 6.07) is 18.9. The Morgan fingerprint density at radius 1 is 0.929 bits per heavy atom. The predicted octanol–water partition coefficient (Wildman–Crippen LogP) is 4.43. The van der Waals surface area contributed by atoms with Crippen molar-refractivity contribution in [3.63, 3.8) is 0 Å². The molecule has 28 heavy (non-hydrogen) atoms. The SMILES string of the molecule is O[C@H](CNCCc1ccc(C(F)(F)F)cc1)COc1ccc2ccccc2c1. The van der Waals surface area contributed by atoms with Gasteiger partial charge in [-0.05, 0) is 53.6 Å². The maximum Gasteiger partial charge on any atom is 0.416 e. The molecule has 0 saturated carbocycles. The summed E-state index contributed by atoms with van der Waals surface area (Å²) < 4.78 is 43.2. The van der Waals surface area contributed by atoms with Crippen LogP contribution in [0.15, 0.2) is 66.7 Å². The molecule has 3 aromatic rings. The minimum absolute atomic E-state index is 0.158. The molecule has 0 aliphatic rings. The highest BCUT2D eigenvalue weighted by Gasteiger charge is 2.29. The first-order valence-electron chi connectivity index (χ1n) is 9.08. The van der Waals surface area contributed by atoms with E-state index in [1.165, 1.54) is 12.1 Å². The quantitative estimate of drug-likeness (QED) is 0.560. The van der Waals surface area contributed by atoms with Crippen LogP contribution in [0.5, 0.6) is 5.75 Å². The molecule has 0 spiro atoms. The predicted molar refractivity (Wildman–Crippen MR) is 103 cm³/mol. The second kappa shape index (κ2) is 9.08. The van der Waals surface area contributed by atoms with Crippen LogP contribution >= 0.6 is 0 Å². The zero-order valence-electron chi connectivity index (χ0n) is 15.2. The Kier molecular flexibility index (Phi) is 6.54. The van der Waals surface area contributed by atoms with Gasteiger partial charge in [-0.1, -0.05) is 42.5 Å². The van der Waals surface area contributed by atoms with E-state index in [9.17, 15) is 18.3 Å². The van der Waals surface area contributed by atoms with Crippen molar-refractivity contribution in [2.45, 2.75) is 18.7 Å². The first-order valence-corrected chi connectivity index (χ1v) is 9.08. The second-order valence-electron chi connectivity index (χ2n) is 6.62. The zero-order valence-corrected chi connectivity index (χ0v) is 15.2. The van der Waals surface area contributed by atoms with Gasteiger partial charge >= 0.3 is 6.18 Å². The molecule has 3 nitrogen and oxygen atoms in total. The Morgan fingerprint density at radius 3 is 2.36 bits per heavy atom. The fourth-order valence-electron chi connectivity index (χ4n) is 2.87. The summed E-state index contributed by atoms with van der Waals surface area (Å²) >= 11 is 0. The van der Waals surface area contributed by atoms with Crippen molar-refractivity contribution in [1.82, 2.24) is 5.32 Å². The molecule has 0 heterocycles. The van der Waals surface area contributed by atoms with Crippen molar-refractivity contribution in [3.8, 4) is 5.75 Å². The van der Waals surface area contributed by atoms with Gasteiger partial charge in [0, 0.05) is 6.54 Å². The molecule has 0 aliphatic heterocycles. The summed E-state index contributed by atoms with van der Waals surface area (Å²) in [6.45, 7) is 1.05. The highest BCUT2D eigenvalue weighted by molar-refractivity contribution is 5.83. The van der Waals surface area contributed by atoms with Gasteiger partial charge in [0.05, 0.1) is 5.56 Å². The van der Waals surface area contributed by atoms with Crippen LogP contribution in [0.2, 0.25) is 0 Å². The Hall–Kier alpha value is -2.57. The fourth-order valence-corrected chi connectivity index (χ4v) is 2.87. The lowest BCUT2D eigenvalue weighted by atomic mass is 10.1. The number of ether oxygens (including phenoxy) is 1. The van der Waals surface area contributed by atoms with Crippen molar-refractivity contribution >= 4 is 10.8 Å². The van der Waals surface area contributed by atoms with Crippen LogP contribution in [-0.2, 0) is 12.6 Å². The van der Waals surface area contributed by atoms with E-state index in [4.69, 9.17) is 4.74 Å². The zero-order chi connectivity index (χ0) is 20.0. The normalized spacial score (nSPS) is 12.9. The van der Waals surface area contributed by atoms with E-state index in [0.29, 0.717) is 25.3 Å². The molecule has 3 rings (SSSR count). The molecule has 148 valence electrons. The third-order valence-corrected chi connectivity index (χ3v) is 4.41. The van der Waals surface area contributed by atoms with E-state index in [2.05, 4.69) is 5.32 Å². The highest BCUT2D eigenvalue weighted by atomic mass is 19.4. The number of alkyl halides is 3. The van der Waals surface area contributed by atoms with Gasteiger partial charge in [-0.15, -0.1) is 0 Å². The first-order chi connectivity index (χ1) is 13.4. The van der Waals surface area contributed by atoms with Gasteiger partial charge in [0.25, 0.3) is 0 Å².